The molecular formula is C32H38Li4. The van der Waals surface area contributed by atoms with Crippen LogP contribution in [0.3, 0.4) is 0 Å². The molecule has 0 aliphatic carbocycles. The Kier molecular flexibility index (Phi) is 11.8. The third kappa shape index (κ3) is 9.36. The average Bonchev–Trinajstić information content (AvgIpc) is 2.82. The molecule has 2 atom stereocenters. The van der Waals surface area contributed by atoms with Gasteiger partial charge >= 0.3 is 261 Å². The van der Waals surface area contributed by atoms with Gasteiger partial charge < -0.3 is 0 Å². The Morgan fingerprint density at radius 2 is 0.889 bits per heavy atom. The Labute approximate surface area is 258 Å². The molecule has 0 aliphatic rings. The van der Waals surface area contributed by atoms with Gasteiger partial charge in [0.1, 0.15) is 0 Å². The summed E-state index contributed by atoms with van der Waals surface area (Å²) >= 11 is 9.62. The Morgan fingerprint density at radius 1 is 0.556 bits per heavy atom. The average molecular weight is 450 g/mol. The molecule has 0 amide bonds. The predicted molar refractivity (Wildman–Crippen MR) is 159 cm³/mol. The summed E-state index contributed by atoms with van der Waals surface area (Å²) in [4.78, 5) is 0. The van der Waals surface area contributed by atoms with Crippen LogP contribution >= 0.6 is 0 Å². The summed E-state index contributed by atoms with van der Waals surface area (Å²) in [6.07, 6.45) is 7.33. The van der Waals surface area contributed by atoms with Gasteiger partial charge in [-0.2, -0.15) is 0 Å². The van der Waals surface area contributed by atoms with Gasteiger partial charge in [-0.1, -0.05) is 0 Å². The third-order valence-corrected chi connectivity index (χ3v) is 8.31. The van der Waals surface area contributed by atoms with Crippen LogP contribution < -0.4 is 0 Å². The molecular weight excluding hydrogens is 412 g/mol. The summed E-state index contributed by atoms with van der Waals surface area (Å²) in [7, 11) is 0. The first-order valence-electron chi connectivity index (χ1n) is 14.2. The molecule has 0 nitrogen and oxygen atoms in total. The summed E-state index contributed by atoms with van der Waals surface area (Å²) in [5, 5.41) is 0. The van der Waals surface area contributed by atoms with Crippen molar-refractivity contribution >= 4 is 70.9 Å². The number of benzene rings is 3. The van der Waals surface area contributed by atoms with Crippen LogP contribution in [-0.2, 0) is 18.4 Å². The van der Waals surface area contributed by atoms with Gasteiger partial charge in [-0.3, -0.25) is 0 Å². The molecule has 0 heterocycles. The van der Waals surface area contributed by atoms with Gasteiger partial charge in [-0.05, 0) is 0 Å². The summed E-state index contributed by atoms with van der Waals surface area (Å²) in [5.41, 5.74) is 8.72. The first-order valence-corrected chi connectivity index (χ1v) is 14.2. The molecule has 4 heteroatoms. The normalized spacial score (nSPS) is 14.1. The number of hydrogen-bond acceptors (Lipinski definition) is 0. The molecule has 0 saturated heterocycles. The fraction of sp³-hybridized carbons (Fsp3) is 0.438. The minimum atomic E-state index is 0.215. The van der Waals surface area contributed by atoms with Gasteiger partial charge in [-0.25, -0.2) is 0 Å². The fourth-order valence-corrected chi connectivity index (χ4v) is 6.04. The number of aryl methyl sites for hydroxylation is 4. The van der Waals surface area contributed by atoms with Crippen molar-refractivity contribution in [1.29, 1.82) is 0 Å². The van der Waals surface area contributed by atoms with Crippen LogP contribution in [0.5, 0.6) is 0 Å². The third-order valence-electron chi connectivity index (χ3n) is 8.31. The monoisotopic (exact) mass is 450 g/mol. The van der Waals surface area contributed by atoms with E-state index in [4.69, 9.17) is 0 Å². The van der Waals surface area contributed by atoms with E-state index in [9.17, 15) is 0 Å². The van der Waals surface area contributed by atoms with Gasteiger partial charge in [0.05, 0.1) is 0 Å². The van der Waals surface area contributed by atoms with Crippen LogP contribution in [0.4, 0.5) is 0 Å². The molecule has 0 bridgehead atoms. The van der Waals surface area contributed by atoms with Crippen LogP contribution in [0, 0.1) is 25.7 Å². The quantitative estimate of drug-likeness (QED) is 0.273. The molecule has 0 spiro atoms. The van der Waals surface area contributed by atoms with Crippen molar-refractivity contribution in [2.45, 2.75) is 71.7 Å². The van der Waals surface area contributed by atoms with Crippen molar-refractivity contribution in [2.75, 3.05) is 0 Å². The van der Waals surface area contributed by atoms with Crippen molar-refractivity contribution in [3.8, 4) is 0 Å². The maximum absolute atomic E-state index is 2.44. The molecule has 0 fully saturated rings. The Hall–Kier alpha value is 0.0496. The van der Waals surface area contributed by atoms with E-state index in [0.717, 1.165) is 0 Å². The van der Waals surface area contributed by atoms with Crippen molar-refractivity contribution in [2.24, 2.45) is 11.8 Å². The summed E-state index contributed by atoms with van der Waals surface area (Å²) in [6.45, 7) is 9.21. The molecule has 3 rings (SSSR count). The van der Waals surface area contributed by atoms with E-state index < -0.39 is 0 Å². The molecule has 0 aliphatic heterocycles. The van der Waals surface area contributed by atoms with Gasteiger partial charge in [0.25, 0.3) is 0 Å². The Bertz CT molecular complexity index is 995. The summed E-state index contributed by atoms with van der Waals surface area (Å²) in [5.74, 6) is 1.40. The number of rotatable bonds is 12. The van der Waals surface area contributed by atoms with E-state index in [0.29, 0.717) is 11.8 Å². The Balaban J connectivity index is 1.54. The second-order valence-electron chi connectivity index (χ2n) is 13.0. The van der Waals surface area contributed by atoms with Crippen LogP contribution in [0.1, 0.15) is 72.9 Å². The van der Waals surface area contributed by atoms with E-state index in [-0.39, 0.29) is 5.52 Å². The van der Waals surface area contributed by atoms with E-state index in [1.165, 1.54) is 60.8 Å². The van der Waals surface area contributed by atoms with Gasteiger partial charge in [0.2, 0.25) is 0 Å². The van der Waals surface area contributed by atoms with Crippen LogP contribution in [-0.4, -0.2) is 70.9 Å². The van der Waals surface area contributed by atoms with Gasteiger partial charge in [0, 0.05) is 0 Å². The van der Waals surface area contributed by atoms with E-state index in [1.807, 2.05) is 0 Å². The second kappa shape index (κ2) is 13.9. The van der Waals surface area contributed by atoms with Gasteiger partial charge in [0.15, 0.2) is 0 Å². The van der Waals surface area contributed by atoms with Crippen molar-refractivity contribution < 1.29 is 0 Å². The zero-order chi connectivity index (χ0) is 26.3. The van der Waals surface area contributed by atoms with Crippen molar-refractivity contribution in [3.63, 3.8) is 0 Å². The van der Waals surface area contributed by atoms with Crippen LogP contribution in [0.15, 0.2) is 72.8 Å². The summed E-state index contributed by atoms with van der Waals surface area (Å²) in [6, 6.07) is 27.5. The maximum atomic E-state index is 2.44. The van der Waals surface area contributed by atoms with Crippen molar-refractivity contribution in [1.82, 2.24) is 0 Å². The second-order valence-corrected chi connectivity index (χ2v) is 13.0. The zero-order valence-electron chi connectivity index (χ0n) is 24.3. The van der Waals surface area contributed by atoms with E-state index >= 15 is 0 Å². The molecule has 2 unspecified atom stereocenters. The molecule has 36 heavy (non-hydrogen) atoms. The zero-order valence-corrected chi connectivity index (χ0v) is 24.3. The topological polar surface area (TPSA) is 0 Å². The Morgan fingerprint density at radius 3 is 1.22 bits per heavy atom. The predicted octanol–water partition coefficient (Wildman–Crippen LogP) is 6.60. The number of hydrogen-bond donors (Lipinski definition) is 0. The molecule has 0 aromatic heterocycles. The van der Waals surface area contributed by atoms with E-state index in [2.05, 4.69) is 171 Å². The molecule has 170 valence electrons. The van der Waals surface area contributed by atoms with Crippen LogP contribution in [0.2, 0.25) is 0 Å². The first kappa shape index (κ1) is 30.6. The first-order chi connectivity index (χ1) is 17.0. The fourth-order valence-electron chi connectivity index (χ4n) is 6.04. The standard InChI is InChI=1S/C32H38.4Li/c1-25-9-17-29(18-10-25)21-13-27(3)15-23-31-7-5-6-8-32(31)24-16-28(4)14-22-30-19-11-26(2)12-20-30;;;;/h5-12,17-20,27-28H,13-16,23-24H2,1-4H3;;;;. The SMILES string of the molecule is [Li][C]([Li])(CC(C)CCc1ccccc1CCC(C)C[C]([Li])([Li])c1ccc(C)cc1)c1ccc(C)cc1. The van der Waals surface area contributed by atoms with E-state index in [1.54, 1.807) is 11.1 Å². The minimum absolute atomic E-state index is 0.215. The molecule has 0 radical (unpaired) electrons. The van der Waals surface area contributed by atoms with Gasteiger partial charge in [-0.15, -0.1) is 0 Å². The molecule has 0 N–H and O–H groups in total. The molecule has 3 aromatic carbocycles. The van der Waals surface area contributed by atoms with Crippen LogP contribution in [0.25, 0.3) is 0 Å². The summed E-state index contributed by atoms with van der Waals surface area (Å²) < 4.78 is 0.429. The molecule has 0 saturated carbocycles. The molecule has 3 aromatic rings. The van der Waals surface area contributed by atoms with Crippen molar-refractivity contribution in [3.05, 3.63) is 106 Å².